The third-order valence-corrected chi connectivity index (χ3v) is 7.25. The van der Waals surface area contributed by atoms with Gasteiger partial charge in [0.05, 0.1) is 13.7 Å². The lowest BCUT2D eigenvalue weighted by Crippen LogP contribution is -2.26. The van der Waals surface area contributed by atoms with E-state index >= 15 is 0 Å². The van der Waals surface area contributed by atoms with Crippen LogP contribution in [-0.2, 0) is 13.0 Å². The van der Waals surface area contributed by atoms with E-state index in [1.807, 2.05) is 6.07 Å². The number of aliphatic hydroxyl groups is 1. The van der Waals surface area contributed by atoms with Crippen molar-refractivity contribution in [3.8, 4) is 16.6 Å². The minimum Gasteiger partial charge on any atom is -0.496 e. The molecule has 2 aliphatic carbocycles. The van der Waals surface area contributed by atoms with Gasteiger partial charge in [0.2, 0.25) is 0 Å². The highest BCUT2D eigenvalue weighted by molar-refractivity contribution is 7.14. The van der Waals surface area contributed by atoms with Crippen LogP contribution in [0.4, 0.5) is 4.79 Å². The second-order valence-electron chi connectivity index (χ2n) is 8.24. The van der Waals surface area contributed by atoms with E-state index in [1.165, 1.54) is 16.0 Å². The normalized spacial score (nSPS) is 20.6. The van der Waals surface area contributed by atoms with E-state index in [0.29, 0.717) is 28.7 Å². The van der Waals surface area contributed by atoms with Crippen LogP contribution in [0.1, 0.15) is 41.3 Å². The Hall–Kier alpha value is -2.25. The highest BCUT2D eigenvalue weighted by Crippen LogP contribution is 2.72. The van der Waals surface area contributed by atoms with Crippen LogP contribution in [0.5, 0.6) is 16.6 Å². The van der Waals surface area contributed by atoms with Crippen molar-refractivity contribution in [1.29, 1.82) is 0 Å². The number of aliphatic hydroxyl groups excluding tert-OH is 1. The fraction of sp³-hybridized carbons (Fsp3) is 0.500. The summed E-state index contributed by atoms with van der Waals surface area (Å²) in [7, 11) is 1.57. The summed E-state index contributed by atoms with van der Waals surface area (Å²) in [6.07, 6.45) is 0.542. The van der Waals surface area contributed by atoms with E-state index in [9.17, 15) is 4.79 Å². The number of rotatable bonds is 7. The molecule has 1 aromatic carbocycles. The summed E-state index contributed by atoms with van der Waals surface area (Å²) in [4.78, 5) is 13.7. The molecular weight excluding hydrogens is 390 g/mol. The Labute approximate surface area is 174 Å². The molecule has 0 radical (unpaired) electrons. The topological polar surface area (TPSA) is 77.0 Å². The third-order valence-electron chi connectivity index (χ3n) is 6.21. The van der Waals surface area contributed by atoms with E-state index in [0.717, 1.165) is 17.0 Å². The van der Waals surface area contributed by atoms with Crippen molar-refractivity contribution in [2.45, 2.75) is 39.7 Å². The van der Waals surface area contributed by atoms with Crippen molar-refractivity contribution in [2.75, 3.05) is 20.3 Å². The summed E-state index contributed by atoms with van der Waals surface area (Å²) in [6.45, 7) is 7.22. The summed E-state index contributed by atoms with van der Waals surface area (Å²) in [5, 5.41) is 12.4. The van der Waals surface area contributed by atoms with Gasteiger partial charge in [-0.2, -0.15) is 0 Å². The predicted octanol–water partition coefficient (Wildman–Crippen LogP) is 4.02. The van der Waals surface area contributed by atoms with Crippen molar-refractivity contribution >= 4 is 17.4 Å². The Morgan fingerprint density at radius 2 is 2.17 bits per heavy atom. The molecule has 2 atom stereocenters. The first-order valence-corrected chi connectivity index (χ1v) is 10.7. The zero-order valence-electron chi connectivity index (χ0n) is 17.2. The Kier molecular flexibility index (Phi) is 5.21. The van der Waals surface area contributed by atoms with E-state index in [4.69, 9.17) is 19.3 Å². The first kappa shape index (κ1) is 20.0. The Morgan fingerprint density at radius 3 is 2.90 bits per heavy atom. The third kappa shape index (κ3) is 3.57. The molecular formula is C22H27NO5S. The number of benzene rings is 1. The summed E-state index contributed by atoms with van der Waals surface area (Å²) in [5.74, 6) is 2.51. The Balaban J connectivity index is 1.38. The smallest absolute Gasteiger partial charge is 0.413 e. The molecule has 0 spiro atoms. The molecule has 6 nitrogen and oxygen atoms in total. The molecule has 156 valence electrons. The van der Waals surface area contributed by atoms with Crippen molar-refractivity contribution in [3.63, 3.8) is 0 Å². The Bertz CT molecular complexity index is 936. The maximum Gasteiger partial charge on any atom is 0.413 e. The number of ether oxygens (including phenoxy) is 3. The van der Waals surface area contributed by atoms with Crippen molar-refractivity contribution < 1.29 is 24.1 Å². The van der Waals surface area contributed by atoms with Gasteiger partial charge in [-0.3, -0.25) is 0 Å². The van der Waals surface area contributed by atoms with E-state index < -0.39 is 6.09 Å². The SMILES string of the molecule is COc1cc(OCCO)ccc1CNC(=O)Oc1sc(C)c2c1C[C@@H]1[C@H]2C1(C)C. The number of carbonyl (C=O) groups is 1. The molecule has 2 aromatic rings. The molecule has 29 heavy (non-hydrogen) atoms. The fourth-order valence-electron chi connectivity index (χ4n) is 4.59. The van der Waals surface area contributed by atoms with Gasteiger partial charge < -0.3 is 24.6 Å². The number of thiophene rings is 1. The van der Waals surface area contributed by atoms with Crippen LogP contribution in [0.2, 0.25) is 0 Å². The number of methoxy groups -OCH3 is 1. The minimum absolute atomic E-state index is 0.0532. The van der Waals surface area contributed by atoms with E-state index in [-0.39, 0.29) is 19.8 Å². The van der Waals surface area contributed by atoms with Crippen LogP contribution in [-0.4, -0.2) is 31.5 Å². The zero-order chi connectivity index (χ0) is 20.8. The Morgan fingerprint density at radius 1 is 1.38 bits per heavy atom. The highest BCUT2D eigenvalue weighted by Gasteiger charge is 2.63. The second-order valence-corrected chi connectivity index (χ2v) is 9.42. The number of hydrogen-bond acceptors (Lipinski definition) is 6. The number of hydrogen-bond donors (Lipinski definition) is 2. The predicted molar refractivity (Wildman–Crippen MR) is 111 cm³/mol. The number of amides is 1. The summed E-state index contributed by atoms with van der Waals surface area (Å²) < 4.78 is 16.4. The first-order valence-electron chi connectivity index (χ1n) is 9.85. The van der Waals surface area contributed by atoms with Crippen LogP contribution >= 0.6 is 11.3 Å². The quantitative estimate of drug-likeness (QED) is 0.712. The molecule has 0 unspecified atom stereocenters. The van der Waals surface area contributed by atoms with E-state index in [1.54, 1.807) is 30.6 Å². The van der Waals surface area contributed by atoms with Gasteiger partial charge in [0, 0.05) is 28.6 Å². The molecule has 1 amide bonds. The standard InChI is InChI=1S/C22H27NO5S/c1-12-18-15(10-16-19(18)22(16,2)3)20(29-12)28-21(25)23-11-13-5-6-14(27-8-7-24)9-17(13)26-4/h5-6,9,16,19,24H,7-8,10-11H2,1-4H3,(H,23,25)/t16-,19-/m1/s1. The van der Waals surface area contributed by atoms with Gasteiger partial charge in [-0.05, 0) is 48.3 Å². The maximum atomic E-state index is 12.4. The van der Waals surface area contributed by atoms with Crippen LogP contribution in [0.25, 0.3) is 0 Å². The van der Waals surface area contributed by atoms with Gasteiger partial charge in [-0.25, -0.2) is 4.79 Å². The lowest BCUT2D eigenvalue weighted by atomic mass is 9.96. The lowest BCUT2D eigenvalue weighted by Gasteiger charge is -2.13. The maximum absolute atomic E-state index is 12.4. The van der Waals surface area contributed by atoms with Crippen molar-refractivity contribution in [2.24, 2.45) is 11.3 Å². The first-order chi connectivity index (χ1) is 13.9. The molecule has 1 aromatic heterocycles. The monoisotopic (exact) mass is 417 g/mol. The number of nitrogens with one attached hydrogen (secondary N) is 1. The number of aryl methyl sites for hydroxylation is 1. The molecule has 0 saturated heterocycles. The number of carbonyl (C=O) groups excluding carboxylic acids is 1. The van der Waals surface area contributed by atoms with Crippen LogP contribution in [0.3, 0.4) is 0 Å². The molecule has 0 bridgehead atoms. The van der Waals surface area contributed by atoms with Gasteiger partial charge in [0.15, 0.2) is 5.06 Å². The van der Waals surface area contributed by atoms with Crippen LogP contribution < -0.4 is 19.5 Å². The molecule has 1 heterocycles. The fourth-order valence-corrected chi connectivity index (χ4v) is 5.66. The van der Waals surface area contributed by atoms with Crippen LogP contribution in [0, 0.1) is 18.3 Å². The van der Waals surface area contributed by atoms with Crippen molar-refractivity contribution in [1.82, 2.24) is 5.32 Å². The van der Waals surface area contributed by atoms with E-state index in [2.05, 4.69) is 26.1 Å². The average molecular weight is 418 g/mol. The van der Waals surface area contributed by atoms with Gasteiger partial charge in [0.1, 0.15) is 18.1 Å². The van der Waals surface area contributed by atoms with Gasteiger partial charge in [-0.1, -0.05) is 13.8 Å². The molecule has 1 fully saturated rings. The van der Waals surface area contributed by atoms with Gasteiger partial charge in [-0.15, -0.1) is 11.3 Å². The molecule has 2 N–H and O–H groups in total. The summed E-state index contributed by atoms with van der Waals surface area (Å²) >= 11 is 1.57. The second kappa shape index (κ2) is 7.54. The summed E-state index contributed by atoms with van der Waals surface area (Å²) in [6, 6.07) is 5.35. The zero-order valence-corrected chi connectivity index (χ0v) is 18.0. The molecule has 7 heteroatoms. The average Bonchev–Trinajstić information content (AvgIpc) is 3.02. The molecule has 0 aliphatic heterocycles. The van der Waals surface area contributed by atoms with Crippen molar-refractivity contribution in [3.05, 3.63) is 39.8 Å². The summed E-state index contributed by atoms with van der Waals surface area (Å²) in [5.41, 5.74) is 3.83. The molecule has 4 rings (SSSR count). The number of fused-ring (bicyclic) bond motifs is 3. The van der Waals surface area contributed by atoms with Crippen LogP contribution in [0.15, 0.2) is 18.2 Å². The minimum atomic E-state index is -0.462. The molecule has 2 aliphatic rings. The lowest BCUT2D eigenvalue weighted by molar-refractivity contribution is 0.200. The van der Waals surface area contributed by atoms with Gasteiger partial charge >= 0.3 is 6.09 Å². The largest absolute Gasteiger partial charge is 0.496 e. The molecule has 1 saturated carbocycles. The van der Waals surface area contributed by atoms with Gasteiger partial charge in [0.25, 0.3) is 0 Å². The highest BCUT2D eigenvalue weighted by atomic mass is 32.1.